The van der Waals surface area contributed by atoms with Gasteiger partial charge in [0.2, 0.25) is 0 Å². The molecule has 0 atom stereocenters. The van der Waals surface area contributed by atoms with E-state index in [1.165, 1.54) is 0 Å². The first-order valence-electron chi connectivity index (χ1n) is 6.61. The molecule has 0 bridgehead atoms. The second kappa shape index (κ2) is 7.90. The van der Waals surface area contributed by atoms with Crippen LogP contribution in [0.3, 0.4) is 0 Å². The number of halogens is 1. The third kappa shape index (κ3) is 4.37. The molecule has 0 amide bonds. The molecule has 4 nitrogen and oxygen atoms in total. The molecule has 2 rings (SSSR count). The van der Waals surface area contributed by atoms with E-state index < -0.39 is 0 Å². The van der Waals surface area contributed by atoms with E-state index in [1.807, 2.05) is 42.5 Å². The summed E-state index contributed by atoms with van der Waals surface area (Å²) in [6.45, 7) is 1.30. The van der Waals surface area contributed by atoms with Crippen molar-refractivity contribution in [2.45, 2.75) is 6.54 Å². The molecule has 112 valence electrons. The van der Waals surface area contributed by atoms with Crippen LogP contribution in [0, 0.1) is 0 Å². The molecule has 0 saturated carbocycles. The summed E-state index contributed by atoms with van der Waals surface area (Å²) in [6, 6.07) is 13.3. The molecule has 0 saturated heterocycles. The standard InChI is InChI=1S/C16H18BrNO3/c1-19-15-4-2-3-5-16(15)21-9-8-20-14-7-6-13(17)10-12(14)11-18/h2-7,10H,8-9,11,18H2,1H3. The van der Waals surface area contributed by atoms with Crippen LogP contribution in [0.25, 0.3) is 0 Å². The molecule has 0 aliphatic carbocycles. The van der Waals surface area contributed by atoms with Crippen LogP contribution in [-0.4, -0.2) is 20.3 Å². The molecule has 2 N–H and O–H groups in total. The SMILES string of the molecule is COc1ccccc1OCCOc1ccc(Br)cc1CN. The number of hydrogen-bond acceptors (Lipinski definition) is 4. The van der Waals surface area contributed by atoms with E-state index in [9.17, 15) is 0 Å². The lowest BCUT2D eigenvalue weighted by molar-refractivity contribution is 0.210. The Morgan fingerprint density at radius 2 is 1.62 bits per heavy atom. The number of rotatable bonds is 7. The minimum atomic E-state index is 0.431. The van der Waals surface area contributed by atoms with Crippen molar-refractivity contribution in [1.29, 1.82) is 0 Å². The summed E-state index contributed by atoms with van der Waals surface area (Å²) in [4.78, 5) is 0. The Labute approximate surface area is 132 Å². The van der Waals surface area contributed by atoms with Gasteiger partial charge in [0, 0.05) is 16.6 Å². The van der Waals surface area contributed by atoms with Crippen molar-refractivity contribution in [3.63, 3.8) is 0 Å². The molecule has 0 fully saturated rings. The molecule has 0 aliphatic rings. The van der Waals surface area contributed by atoms with Crippen LogP contribution in [0.2, 0.25) is 0 Å². The molecular weight excluding hydrogens is 334 g/mol. The molecule has 0 aromatic heterocycles. The summed E-state index contributed by atoms with van der Waals surface area (Å²) >= 11 is 3.42. The zero-order chi connectivity index (χ0) is 15.1. The Bertz CT molecular complexity index is 589. The van der Waals surface area contributed by atoms with Crippen molar-refractivity contribution in [2.24, 2.45) is 5.73 Å². The zero-order valence-corrected chi connectivity index (χ0v) is 13.4. The molecule has 21 heavy (non-hydrogen) atoms. The van der Waals surface area contributed by atoms with E-state index >= 15 is 0 Å². The lowest BCUT2D eigenvalue weighted by Crippen LogP contribution is -2.11. The van der Waals surface area contributed by atoms with Crippen LogP contribution < -0.4 is 19.9 Å². The molecule has 2 aromatic carbocycles. The lowest BCUT2D eigenvalue weighted by atomic mass is 10.2. The van der Waals surface area contributed by atoms with Gasteiger partial charge in [0.1, 0.15) is 19.0 Å². The van der Waals surface area contributed by atoms with Crippen molar-refractivity contribution in [3.05, 3.63) is 52.5 Å². The average Bonchev–Trinajstić information content (AvgIpc) is 2.52. The van der Waals surface area contributed by atoms with Gasteiger partial charge in [-0.05, 0) is 30.3 Å². The first kappa shape index (κ1) is 15.7. The predicted octanol–water partition coefficient (Wildman–Crippen LogP) is 3.37. The first-order chi connectivity index (χ1) is 10.2. The van der Waals surface area contributed by atoms with Gasteiger partial charge in [-0.2, -0.15) is 0 Å². The highest BCUT2D eigenvalue weighted by Gasteiger charge is 2.05. The maximum absolute atomic E-state index is 5.71. The van der Waals surface area contributed by atoms with E-state index in [1.54, 1.807) is 7.11 Å². The minimum absolute atomic E-state index is 0.431. The summed E-state index contributed by atoms with van der Waals surface area (Å²) in [5, 5.41) is 0. The van der Waals surface area contributed by atoms with E-state index in [0.717, 1.165) is 15.8 Å². The number of para-hydroxylation sites is 2. The number of hydrogen-bond donors (Lipinski definition) is 1. The number of ether oxygens (including phenoxy) is 3. The molecule has 0 unspecified atom stereocenters. The summed E-state index contributed by atoms with van der Waals surface area (Å²) in [7, 11) is 1.62. The Balaban J connectivity index is 1.87. The van der Waals surface area contributed by atoms with Gasteiger partial charge in [-0.3, -0.25) is 0 Å². The maximum atomic E-state index is 5.71. The second-order valence-corrected chi connectivity index (χ2v) is 5.22. The van der Waals surface area contributed by atoms with Gasteiger partial charge in [-0.25, -0.2) is 0 Å². The zero-order valence-electron chi connectivity index (χ0n) is 11.8. The summed E-state index contributed by atoms with van der Waals surface area (Å²) < 4.78 is 17.6. The third-order valence-corrected chi connectivity index (χ3v) is 3.40. The second-order valence-electron chi connectivity index (χ2n) is 4.30. The van der Waals surface area contributed by atoms with Crippen molar-refractivity contribution < 1.29 is 14.2 Å². The highest BCUT2D eigenvalue weighted by atomic mass is 79.9. The van der Waals surface area contributed by atoms with Gasteiger partial charge in [-0.1, -0.05) is 28.1 Å². The van der Waals surface area contributed by atoms with E-state index in [4.69, 9.17) is 19.9 Å². The van der Waals surface area contributed by atoms with Gasteiger partial charge >= 0.3 is 0 Å². The summed E-state index contributed by atoms with van der Waals surface area (Å²) in [5.41, 5.74) is 6.66. The van der Waals surface area contributed by atoms with Crippen LogP contribution in [0.4, 0.5) is 0 Å². The van der Waals surface area contributed by atoms with Gasteiger partial charge in [0.25, 0.3) is 0 Å². The van der Waals surface area contributed by atoms with Crippen LogP contribution in [0.1, 0.15) is 5.56 Å². The van der Waals surface area contributed by atoms with E-state index in [2.05, 4.69) is 15.9 Å². The van der Waals surface area contributed by atoms with E-state index in [0.29, 0.717) is 31.3 Å². The van der Waals surface area contributed by atoms with Crippen molar-refractivity contribution in [1.82, 2.24) is 0 Å². The van der Waals surface area contributed by atoms with Gasteiger partial charge in [0.15, 0.2) is 11.5 Å². The van der Waals surface area contributed by atoms with Crippen molar-refractivity contribution in [3.8, 4) is 17.2 Å². The topological polar surface area (TPSA) is 53.7 Å². The van der Waals surface area contributed by atoms with Crippen molar-refractivity contribution in [2.75, 3.05) is 20.3 Å². The third-order valence-electron chi connectivity index (χ3n) is 2.91. The van der Waals surface area contributed by atoms with Gasteiger partial charge in [0.05, 0.1) is 7.11 Å². The average molecular weight is 352 g/mol. The quantitative estimate of drug-likeness (QED) is 0.777. The predicted molar refractivity (Wildman–Crippen MR) is 86.0 cm³/mol. The fraction of sp³-hybridized carbons (Fsp3) is 0.250. The minimum Gasteiger partial charge on any atom is -0.493 e. The van der Waals surface area contributed by atoms with E-state index in [-0.39, 0.29) is 0 Å². The molecular formula is C16H18BrNO3. The highest BCUT2D eigenvalue weighted by molar-refractivity contribution is 9.10. The molecule has 2 aromatic rings. The highest BCUT2D eigenvalue weighted by Crippen LogP contribution is 2.26. The van der Waals surface area contributed by atoms with Crippen LogP contribution in [-0.2, 0) is 6.54 Å². The Kier molecular flexibility index (Phi) is 5.90. The maximum Gasteiger partial charge on any atom is 0.161 e. The van der Waals surface area contributed by atoms with Crippen molar-refractivity contribution >= 4 is 15.9 Å². The van der Waals surface area contributed by atoms with Crippen LogP contribution >= 0.6 is 15.9 Å². The largest absolute Gasteiger partial charge is 0.493 e. The smallest absolute Gasteiger partial charge is 0.161 e. The van der Waals surface area contributed by atoms with Gasteiger partial charge < -0.3 is 19.9 Å². The monoisotopic (exact) mass is 351 g/mol. The molecule has 0 radical (unpaired) electrons. The molecule has 0 heterocycles. The fourth-order valence-electron chi connectivity index (χ4n) is 1.89. The number of nitrogens with two attached hydrogens (primary N) is 1. The summed E-state index contributed by atoms with van der Waals surface area (Å²) in [5.74, 6) is 2.20. The Morgan fingerprint density at radius 1 is 0.952 bits per heavy atom. The normalized spacial score (nSPS) is 10.2. The number of benzene rings is 2. The fourth-order valence-corrected chi connectivity index (χ4v) is 2.30. The molecule has 0 spiro atoms. The Morgan fingerprint density at radius 3 is 2.29 bits per heavy atom. The first-order valence-corrected chi connectivity index (χ1v) is 7.41. The van der Waals surface area contributed by atoms with Crippen LogP contribution in [0.5, 0.6) is 17.2 Å². The lowest BCUT2D eigenvalue weighted by Gasteiger charge is -2.13. The molecule has 5 heteroatoms. The molecule has 0 aliphatic heterocycles. The Hall–Kier alpha value is -1.72. The van der Waals surface area contributed by atoms with Crippen LogP contribution in [0.15, 0.2) is 46.9 Å². The number of methoxy groups -OCH3 is 1. The van der Waals surface area contributed by atoms with Gasteiger partial charge in [-0.15, -0.1) is 0 Å². The summed E-state index contributed by atoms with van der Waals surface area (Å²) in [6.07, 6.45) is 0.